The van der Waals surface area contributed by atoms with Crippen molar-refractivity contribution in [1.82, 2.24) is 9.21 Å². The molecule has 7 nitrogen and oxygen atoms in total. The van der Waals surface area contributed by atoms with Gasteiger partial charge >= 0.3 is 0 Å². The van der Waals surface area contributed by atoms with E-state index < -0.39 is 22.0 Å². The standard InChI is InChI=1S/C25H31N3O4S/c1-17-5-6-19(3)23(15-17)26-11-13-27(14-12-26)25(30)22-9-10-24(29)28(22)33(31,32)21-8-7-18(2)20(4)16-21/h5-8,15-16,22H,9-14H2,1-4H3. The summed E-state index contributed by atoms with van der Waals surface area (Å²) in [5.41, 5.74) is 5.33. The molecule has 2 aromatic rings. The highest BCUT2D eigenvalue weighted by atomic mass is 32.2. The number of hydrogen-bond donors (Lipinski definition) is 0. The molecule has 1 atom stereocenters. The Kier molecular flexibility index (Phi) is 6.22. The molecule has 4 rings (SSSR count). The van der Waals surface area contributed by atoms with Crippen molar-refractivity contribution in [3.05, 3.63) is 58.7 Å². The zero-order valence-electron chi connectivity index (χ0n) is 19.7. The Morgan fingerprint density at radius 1 is 0.879 bits per heavy atom. The predicted octanol–water partition coefficient (Wildman–Crippen LogP) is 2.95. The van der Waals surface area contributed by atoms with Gasteiger partial charge in [-0.25, -0.2) is 12.7 Å². The molecule has 2 saturated heterocycles. The summed E-state index contributed by atoms with van der Waals surface area (Å²) in [5.74, 6) is -0.797. The summed E-state index contributed by atoms with van der Waals surface area (Å²) >= 11 is 0. The minimum atomic E-state index is -4.10. The van der Waals surface area contributed by atoms with Gasteiger partial charge in [0.2, 0.25) is 11.8 Å². The van der Waals surface area contributed by atoms with E-state index in [-0.39, 0.29) is 23.6 Å². The van der Waals surface area contributed by atoms with Gasteiger partial charge in [0.15, 0.2) is 0 Å². The number of benzene rings is 2. The number of hydrogen-bond acceptors (Lipinski definition) is 5. The molecule has 2 fully saturated rings. The molecule has 2 amide bonds. The van der Waals surface area contributed by atoms with E-state index in [1.807, 2.05) is 13.8 Å². The summed E-state index contributed by atoms with van der Waals surface area (Å²) in [4.78, 5) is 30.0. The molecule has 8 heteroatoms. The molecule has 0 aliphatic carbocycles. The van der Waals surface area contributed by atoms with Crippen molar-refractivity contribution in [2.75, 3.05) is 31.1 Å². The minimum absolute atomic E-state index is 0.0541. The Bertz CT molecular complexity index is 1200. The molecule has 2 aliphatic rings. The van der Waals surface area contributed by atoms with E-state index in [0.717, 1.165) is 21.1 Å². The number of carbonyl (C=O) groups is 2. The molecule has 2 aromatic carbocycles. The van der Waals surface area contributed by atoms with Crippen LogP contribution >= 0.6 is 0 Å². The van der Waals surface area contributed by atoms with Crippen molar-refractivity contribution in [2.24, 2.45) is 0 Å². The van der Waals surface area contributed by atoms with Gasteiger partial charge in [-0.15, -0.1) is 0 Å². The van der Waals surface area contributed by atoms with Crippen LogP contribution in [0.3, 0.4) is 0 Å². The highest BCUT2D eigenvalue weighted by molar-refractivity contribution is 7.89. The molecule has 0 spiro atoms. The number of amides is 2. The first kappa shape index (κ1) is 23.3. The summed E-state index contributed by atoms with van der Waals surface area (Å²) in [6.45, 7) is 10.2. The highest BCUT2D eigenvalue weighted by Crippen LogP contribution is 2.30. The predicted molar refractivity (Wildman–Crippen MR) is 128 cm³/mol. The molecule has 2 heterocycles. The maximum Gasteiger partial charge on any atom is 0.267 e. The van der Waals surface area contributed by atoms with Gasteiger partial charge in [-0.1, -0.05) is 18.2 Å². The van der Waals surface area contributed by atoms with E-state index in [4.69, 9.17) is 0 Å². The Balaban J connectivity index is 1.51. The molecule has 0 radical (unpaired) electrons. The first-order valence-electron chi connectivity index (χ1n) is 11.3. The molecule has 176 valence electrons. The number of nitrogens with zero attached hydrogens (tertiary/aromatic N) is 3. The molecule has 2 aliphatic heterocycles. The summed E-state index contributed by atoms with van der Waals surface area (Å²) in [5, 5.41) is 0. The van der Waals surface area contributed by atoms with Gasteiger partial charge in [0.1, 0.15) is 6.04 Å². The van der Waals surface area contributed by atoms with Crippen LogP contribution in [-0.4, -0.2) is 61.7 Å². The van der Waals surface area contributed by atoms with Crippen molar-refractivity contribution >= 4 is 27.5 Å². The first-order valence-corrected chi connectivity index (χ1v) is 12.8. The van der Waals surface area contributed by atoms with Crippen LogP contribution in [0.1, 0.15) is 35.1 Å². The first-order chi connectivity index (χ1) is 15.6. The Morgan fingerprint density at radius 3 is 2.21 bits per heavy atom. The fraction of sp³-hybridized carbons (Fsp3) is 0.440. The summed E-state index contributed by atoms with van der Waals surface area (Å²) < 4.78 is 27.5. The van der Waals surface area contributed by atoms with Gasteiger partial charge in [0.05, 0.1) is 4.90 Å². The van der Waals surface area contributed by atoms with Crippen LogP contribution in [0.15, 0.2) is 41.3 Å². The number of carbonyl (C=O) groups excluding carboxylic acids is 2. The van der Waals surface area contributed by atoms with Gasteiger partial charge in [-0.3, -0.25) is 9.59 Å². The maximum atomic E-state index is 13.4. The lowest BCUT2D eigenvalue weighted by Gasteiger charge is -2.38. The van der Waals surface area contributed by atoms with Crippen molar-refractivity contribution in [1.29, 1.82) is 0 Å². The molecule has 0 aromatic heterocycles. The van der Waals surface area contributed by atoms with Crippen LogP contribution < -0.4 is 4.90 Å². The van der Waals surface area contributed by atoms with Crippen LogP contribution in [0.4, 0.5) is 5.69 Å². The minimum Gasteiger partial charge on any atom is -0.368 e. The molecule has 0 bridgehead atoms. The average Bonchev–Trinajstić information content (AvgIpc) is 3.19. The van der Waals surface area contributed by atoms with Crippen LogP contribution in [0.5, 0.6) is 0 Å². The number of piperazine rings is 1. The quantitative estimate of drug-likeness (QED) is 0.688. The fourth-order valence-electron chi connectivity index (χ4n) is 4.61. The second kappa shape index (κ2) is 8.82. The van der Waals surface area contributed by atoms with Crippen LogP contribution in [-0.2, 0) is 19.6 Å². The topological polar surface area (TPSA) is 78.0 Å². The Hall–Kier alpha value is -2.87. The number of rotatable bonds is 4. The smallest absolute Gasteiger partial charge is 0.267 e. The SMILES string of the molecule is Cc1ccc(C)c(N2CCN(C(=O)C3CCC(=O)N3S(=O)(=O)c3ccc(C)c(C)c3)CC2)c1. The van der Waals surface area contributed by atoms with Crippen molar-refractivity contribution < 1.29 is 18.0 Å². The lowest BCUT2D eigenvalue weighted by Crippen LogP contribution is -2.55. The average molecular weight is 470 g/mol. The summed E-state index contributed by atoms with van der Waals surface area (Å²) in [6.07, 6.45) is 0.280. The van der Waals surface area contributed by atoms with Gasteiger partial charge in [-0.2, -0.15) is 0 Å². The second-order valence-electron chi connectivity index (χ2n) is 9.10. The van der Waals surface area contributed by atoms with E-state index >= 15 is 0 Å². The zero-order chi connectivity index (χ0) is 23.9. The third-order valence-corrected chi connectivity index (χ3v) is 8.60. The van der Waals surface area contributed by atoms with Crippen LogP contribution in [0.25, 0.3) is 0 Å². The zero-order valence-corrected chi connectivity index (χ0v) is 20.5. The fourth-order valence-corrected chi connectivity index (χ4v) is 6.30. The molecule has 0 N–H and O–H groups in total. The van der Waals surface area contributed by atoms with Crippen LogP contribution in [0.2, 0.25) is 0 Å². The maximum absolute atomic E-state index is 13.4. The summed E-state index contributed by atoms with van der Waals surface area (Å²) in [7, 11) is -4.10. The Labute approximate surface area is 196 Å². The third kappa shape index (κ3) is 4.36. The van der Waals surface area contributed by atoms with E-state index in [0.29, 0.717) is 26.2 Å². The summed E-state index contributed by atoms with van der Waals surface area (Å²) in [6, 6.07) is 10.2. The van der Waals surface area contributed by atoms with E-state index in [1.54, 1.807) is 17.0 Å². The lowest BCUT2D eigenvalue weighted by molar-refractivity contribution is -0.138. The third-order valence-electron chi connectivity index (χ3n) is 6.78. The monoisotopic (exact) mass is 469 g/mol. The van der Waals surface area contributed by atoms with E-state index in [9.17, 15) is 18.0 Å². The van der Waals surface area contributed by atoms with Crippen molar-refractivity contribution in [2.45, 2.75) is 51.5 Å². The van der Waals surface area contributed by atoms with Gasteiger partial charge < -0.3 is 9.80 Å². The second-order valence-corrected chi connectivity index (χ2v) is 10.9. The van der Waals surface area contributed by atoms with E-state index in [2.05, 4.69) is 36.9 Å². The molecule has 1 unspecified atom stereocenters. The van der Waals surface area contributed by atoms with Gasteiger partial charge in [-0.05, 0) is 74.6 Å². The lowest BCUT2D eigenvalue weighted by atomic mass is 10.1. The number of anilines is 1. The largest absolute Gasteiger partial charge is 0.368 e. The number of sulfonamides is 1. The molecular formula is C25H31N3O4S. The normalized spacial score (nSPS) is 19.3. The van der Waals surface area contributed by atoms with E-state index in [1.165, 1.54) is 17.2 Å². The Morgan fingerprint density at radius 2 is 1.55 bits per heavy atom. The molecule has 33 heavy (non-hydrogen) atoms. The van der Waals surface area contributed by atoms with Crippen LogP contribution in [0, 0.1) is 27.7 Å². The van der Waals surface area contributed by atoms with Gasteiger partial charge in [0.25, 0.3) is 10.0 Å². The highest BCUT2D eigenvalue weighted by Gasteiger charge is 2.46. The van der Waals surface area contributed by atoms with Crippen molar-refractivity contribution in [3.63, 3.8) is 0 Å². The molecule has 0 saturated carbocycles. The van der Waals surface area contributed by atoms with Crippen molar-refractivity contribution in [3.8, 4) is 0 Å². The molecular weight excluding hydrogens is 438 g/mol. The van der Waals surface area contributed by atoms with Gasteiger partial charge in [0, 0.05) is 38.3 Å². The number of aryl methyl sites for hydroxylation is 4.